The number of hydrogen-bond acceptors (Lipinski definition) is 3. The van der Waals surface area contributed by atoms with Crippen LogP contribution >= 0.6 is 23.2 Å². The molecule has 88 valence electrons. The van der Waals surface area contributed by atoms with Gasteiger partial charge < -0.3 is 5.32 Å². The Kier molecular flexibility index (Phi) is 4.03. The molecule has 0 amide bonds. The molecule has 1 saturated heterocycles. The lowest BCUT2D eigenvalue weighted by Gasteiger charge is -2.33. The highest BCUT2D eigenvalue weighted by Gasteiger charge is 2.18. The summed E-state index contributed by atoms with van der Waals surface area (Å²) in [5, 5.41) is 4.32. The highest BCUT2D eigenvalue weighted by atomic mass is 35.5. The van der Waals surface area contributed by atoms with Gasteiger partial charge in [-0.3, -0.25) is 4.90 Å². The third-order valence-corrected chi connectivity index (χ3v) is 3.44. The maximum Gasteiger partial charge on any atom is 0.135 e. The van der Waals surface area contributed by atoms with Crippen molar-refractivity contribution < 1.29 is 0 Å². The minimum absolute atomic E-state index is 0.446. The first kappa shape index (κ1) is 12.1. The van der Waals surface area contributed by atoms with Gasteiger partial charge >= 0.3 is 0 Å². The molecule has 2 heterocycles. The second-order valence-electron chi connectivity index (χ2n) is 4.11. The van der Waals surface area contributed by atoms with Crippen molar-refractivity contribution in [2.24, 2.45) is 0 Å². The molecule has 16 heavy (non-hydrogen) atoms. The van der Waals surface area contributed by atoms with Gasteiger partial charge in [-0.1, -0.05) is 29.3 Å². The Morgan fingerprint density at radius 3 is 3.00 bits per heavy atom. The van der Waals surface area contributed by atoms with Crippen molar-refractivity contribution in [3.05, 3.63) is 28.0 Å². The van der Waals surface area contributed by atoms with E-state index in [0.29, 0.717) is 16.3 Å². The van der Waals surface area contributed by atoms with Crippen molar-refractivity contribution in [1.29, 1.82) is 0 Å². The zero-order valence-corrected chi connectivity index (χ0v) is 10.7. The van der Waals surface area contributed by atoms with E-state index in [2.05, 4.69) is 22.1 Å². The van der Waals surface area contributed by atoms with Gasteiger partial charge in [0.25, 0.3) is 0 Å². The average molecular weight is 260 g/mol. The fraction of sp³-hybridized carbons (Fsp3) is 0.545. The molecule has 1 aliphatic heterocycles. The number of hydrogen-bond donors (Lipinski definition) is 1. The van der Waals surface area contributed by atoms with Crippen LogP contribution in [0.1, 0.15) is 12.5 Å². The van der Waals surface area contributed by atoms with Gasteiger partial charge in [-0.2, -0.15) is 0 Å². The van der Waals surface area contributed by atoms with Crippen LogP contribution in [0.2, 0.25) is 10.3 Å². The molecule has 1 atom stereocenters. The summed E-state index contributed by atoms with van der Waals surface area (Å²) in [6, 6.07) is 4.27. The van der Waals surface area contributed by atoms with Gasteiger partial charge in [0.2, 0.25) is 0 Å². The lowest BCUT2D eigenvalue weighted by molar-refractivity contribution is 0.165. The zero-order valence-electron chi connectivity index (χ0n) is 9.21. The molecule has 1 N–H and O–H groups in total. The zero-order chi connectivity index (χ0) is 11.5. The summed E-state index contributed by atoms with van der Waals surface area (Å²) in [6.07, 6.45) is 0. The molecule has 0 bridgehead atoms. The molecule has 1 aromatic rings. The third kappa shape index (κ3) is 2.86. The smallest absolute Gasteiger partial charge is 0.135 e. The van der Waals surface area contributed by atoms with Crippen LogP contribution in [0, 0.1) is 0 Å². The van der Waals surface area contributed by atoms with E-state index >= 15 is 0 Å². The van der Waals surface area contributed by atoms with Gasteiger partial charge in [-0.15, -0.1) is 0 Å². The quantitative estimate of drug-likeness (QED) is 0.826. The Morgan fingerprint density at radius 1 is 1.50 bits per heavy atom. The Balaban J connectivity index is 2.07. The highest BCUT2D eigenvalue weighted by Crippen LogP contribution is 2.19. The molecule has 0 aromatic carbocycles. The van der Waals surface area contributed by atoms with Crippen LogP contribution in [0.25, 0.3) is 0 Å². The van der Waals surface area contributed by atoms with Crippen molar-refractivity contribution in [2.75, 3.05) is 19.6 Å². The summed E-state index contributed by atoms with van der Waals surface area (Å²) in [5.74, 6) is 0. The van der Waals surface area contributed by atoms with E-state index in [9.17, 15) is 0 Å². The lowest BCUT2D eigenvalue weighted by atomic mass is 10.2. The van der Waals surface area contributed by atoms with Crippen LogP contribution in [-0.2, 0) is 6.54 Å². The van der Waals surface area contributed by atoms with Crippen molar-refractivity contribution in [3.8, 4) is 0 Å². The Bertz CT molecular complexity index is 370. The first-order chi connectivity index (χ1) is 7.66. The molecule has 0 aliphatic carbocycles. The van der Waals surface area contributed by atoms with Crippen LogP contribution in [0.4, 0.5) is 0 Å². The second kappa shape index (κ2) is 5.32. The predicted molar refractivity (Wildman–Crippen MR) is 67.0 cm³/mol. The van der Waals surface area contributed by atoms with Gasteiger partial charge in [0.15, 0.2) is 0 Å². The van der Waals surface area contributed by atoms with Crippen LogP contribution in [0.15, 0.2) is 12.1 Å². The second-order valence-corrected chi connectivity index (χ2v) is 4.85. The number of aromatic nitrogens is 1. The third-order valence-electron chi connectivity index (χ3n) is 2.90. The largest absolute Gasteiger partial charge is 0.314 e. The molecule has 3 nitrogen and oxygen atoms in total. The maximum atomic E-state index is 6.06. The molecule has 1 unspecified atom stereocenters. The number of rotatable bonds is 2. The molecule has 0 saturated carbocycles. The minimum Gasteiger partial charge on any atom is -0.314 e. The molecular formula is C11H15Cl2N3. The van der Waals surface area contributed by atoms with E-state index in [1.54, 1.807) is 6.07 Å². The molecule has 0 spiro atoms. The molecule has 1 aromatic heterocycles. The summed E-state index contributed by atoms with van der Waals surface area (Å²) in [4.78, 5) is 6.45. The number of pyridine rings is 1. The lowest BCUT2D eigenvalue weighted by Crippen LogP contribution is -2.49. The van der Waals surface area contributed by atoms with Crippen molar-refractivity contribution in [3.63, 3.8) is 0 Å². The first-order valence-corrected chi connectivity index (χ1v) is 6.18. The molecule has 0 radical (unpaired) electrons. The van der Waals surface area contributed by atoms with E-state index in [4.69, 9.17) is 23.2 Å². The Labute approximate surface area is 106 Å². The average Bonchev–Trinajstić information content (AvgIpc) is 2.25. The SMILES string of the molecule is CC1CNCCN1Cc1ccc(Cl)nc1Cl. The molecular weight excluding hydrogens is 245 g/mol. The van der Waals surface area contributed by atoms with Gasteiger partial charge in [0, 0.05) is 37.8 Å². The number of nitrogens with one attached hydrogen (secondary N) is 1. The summed E-state index contributed by atoms with van der Waals surface area (Å²) < 4.78 is 0. The van der Waals surface area contributed by atoms with E-state index in [1.807, 2.05) is 6.07 Å². The molecule has 5 heteroatoms. The van der Waals surface area contributed by atoms with E-state index in [0.717, 1.165) is 31.7 Å². The van der Waals surface area contributed by atoms with Crippen molar-refractivity contribution in [1.82, 2.24) is 15.2 Å². The van der Waals surface area contributed by atoms with Gasteiger partial charge in [-0.25, -0.2) is 4.98 Å². The van der Waals surface area contributed by atoms with E-state index in [1.165, 1.54) is 0 Å². The van der Waals surface area contributed by atoms with Crippen LogP contribution in [0.5, 0.6) is 0 Å². The molecule has 1 fully saturated rings. The fourth-order valence-corrected chi connectivity index (χ4v) is 2.30. The predicted octanol–water partition coefficient (Wildman–Crippen LogP) is 2.18. The minimum atomic E-state index is 0.446. The standard InChI is InChI=1S/C11H15Cl2N3/c1-8-6-14-4-5-16(8)7-9-2-3-10(12)15-11(9)13/h2-3,8,14H,4-7H2,1H3. The van der Waals surface area contributed by atoms with Crippen LogP contribution in [-0.4, -0.2) is 35.6 Å². The number of nitrogens with zero attached hydrogens (tertiary/aromatic N) is 2. The van der Waals surface area contributed by atoms with Gasteiger partial charge in [0.1, 0.15) is 10.3 Å². The van der Waals surface area contributed by atoms with Crippen molar-refractivity contribution >= 4 is 23.2 Å². The molecule has 2 rings (SSSR count). The van der Waals surface area contributed by atoms with E-state index in [-0.39, 0.29) is 0 Å². The first-order valence-electron chi connectivity index (χ1n) is 5.42. The Morgan fingerprint density at radius 2 is 2.31 bits per heavy atom. The summed E-state index contributed by atoms with van der Waals surface area (Å²) in [7, 11) is 0. The van der Waals surface area contributed by atoms with Crippen molar-refractivity contribution in [2.45, 2.75) is 19.5 Å². The normalized spacial score (nSPS) is 22.3. The number of halogens is 2. The van der Waals surface area contributed by atoms with Crippen LogP contribution in [0.3, 0.4) is 0 Å². The summed E-state index contributed by atoms with van der Waals surface area (Å²) >= 11 is 11.8. The van der Waals surface area contributed by atoms with E-state index < -0.39 is 0 Å². The monoisotopic (exact) mass is 259 g/mol. The maximum absolute atomic E-state index is 6.06. The fourth-order valence-electron chi connectivity index (χ4n) is 1.90. The summed E-state index contributed by atoms with van der Waals surface area (Å²) in [6.45, 7) is 6.15. The van der Waals surface area contributed by atoms with Gasteiger partial charge in [-0.05, 0) is 13.0 Å². The highest BCUT2D eigenvalue weighted by molar-refractivity contribution is 6.32. The van der Waals surface area contributed by atoms with Gasteiger partial charge in [0.05, 0.1) is 0 Å². The topological polar surface area (TPSA) is 28.2 Å². The molecule has 1 aliphatic rings. The summed E-state index contributed by atoms with van der Waals surface area (Å²) in [5.41, 5.74) is 1.04. The Hall–Kier alpha value is -0.350. The number of piperazine rings is 1. The van der Waals surface area contributed by atoms with Crippen LogP contribution < -0.4 is 5.32 Å².